The first-order valence-corrected chi connectivity index (χ1v) is 5.35. The van der Waals surface area contributed by atoms with Gasteiger partial charge < -0.3 is 14.6 Å². The fourth-order valence-corrected chi connectivity index (χ4v) is 1.46. The Morgan fingerprint density at radius 2 is 2.11 bits per heavy atom. The Bertz CT molecular complexity index is 468. The molecule has 5 nitrogen and oxygen atoms in total. The molecule has 1 heterocycles. The van der Waals surface area contributed by atoms with Gasteiger partial charge >= 0.3 is 12.1 Å². The van der Waals surface area contributed by atoms with Gasteiger partial charge in [0.1, 0.15) is 18.3 Å². The summed E-state index contributed by atoms with van der Waals surface area (Å²) in [4.78, 5) is 22.8. The second-order valence-electron chi connectivity index (χ2n) is 3.85. The maximum Gasteiger partial charge on any atom is 0.406 e. The van der Waals surface area contributed by atoms with E-state index >= 15 is 0 Å². The number of hydrogen-bond donors (Lipinski definition) is 1. The number of aromatic nitrogens is 1. The Labute approximate surface area is 107 Å². The minimum atomic E-state index is -4.43. The number of alkyl halides is 3. The van der Waals surface area contributed by atoms with E-state index in [9.17, 15) is 22.8 Å². The largest absolute Gasteiger partial charge is 0.467 e. The number of halogens is 3. The molecule has 0 spiro atoms. The molecule has 0 fully saturated rings. The monoisotopic (exact) mass is 278 g/mol. The third kappa shape index (κ3) is 4.31. The highest BCUT2D eigenvalue weighted by atomic mass is 19.4. The molecular weight excluding hydrogens is 265 g/mol. The van der Waals surface area contributed by atoms with Crippen molar-refractivity contribution in [3.05, 3.63) is 24.0 Å². The summed E-state index contributed by atoms with van der Waals surface area (Å²) in [5, 5.41) is 2.26. The van der Waals surface area contributed by atoms with Crippen molar-refractivity contribution >= 4 is 11.9 Å². The fourth-order valence-electron chi connectivity index (χ4n) is 1.46. The van der Waals surface area contributed by atoms with Crippen molar-refractivity contribution < 1.29 is 27.5 Å². The van der Waals surface area contributed by atoms with Gasteiger partial charge in [-0.25, -0.2) is 4.79 Å². The summed E-state index contributed by atoms with van der Waals surface area (Å²) in [6.07, 6.45) is -3.28. The molecule has 0 saturated heterocycles. The number of nitrogens with one attached hydrogen (secondary N) is 1. The molecule has 0 aliphatic rings. The van der Waals surface area contributed by atoms with Crippen LogP contribution in [0.3, 0.4) is 0 Å². The van der Waals surface area contributed by atoms with Crippen LogP contribution in [-0.2, 0) is 16.1 Å². The van der Waals surface area contributed by atoms with Crippen LogP contribution in [-0.4, -0.2) is 35.8 Å². The summed E-state index contributed by atoms with van der Waals surface area (Å²) in [6.45, 7) is 0.107. The smallest absolute Gasteiger partial charge is 0.406 e. The van der Waals surface area contributed by atoms with Gasteiger partial charge in [0.15, 0.2) is 0 Å². The highest BCUT2D eigenvalue weighted by Gasteiger charge is 2.29. The molecule has 0 bridgehead atoms. The molecule has 1 N–H and O–H groups in total. The number of hydrogen-bond acceptors (Lipinski definition) is 3. The van der Waals surface area contributed by atoms with E-state index < -0.39 is 30.6 Å². The lowest BCUT2D eigenvalue weighted by molar-refractivity contribution is -0.143. The first kappa shape index (κ1) is 15.1. The van der Waals surface area contributed by atoms with Crippen LogP contribution in [0.5, 0.6) is 0 Å². The van der Waals surface area contributed by atoms with Gasteiger partial charge in [-0.3, -0.25) is 4.79 Å². The zero-order valence-corrected chi connectivity index (χ0v) is 10.3. The summed E-state index contributed by atoms with van der Waals surface area (Å²) in [5.74, 6) is -1.45. The summed E-state index contributed by atoms with van der Waals surface area (Å²) in [6, 6.07) is 1.63. The molecule has 106 valence electrons. The van der Waals surface area contributed by atoms with E-state index in [-0.39, 0.29) is 5.69 Å². The van der Waals surface area contributed by atoms with Crippen molar-refractivity contribution in [1.29, 1.82) is 0 Å². The topological polar surface area (TPSA) is 60.3 Å². The molecule has 0 aromatic carbocycles. The first-order chi connectivity index (χ1) is 8.74. The zero-order chi connectivity index (χ0) is 14.6. The quantitative estimate of drug-likeness (QED) is 0.845. The number of rotatable bonds is 4. The van der Waals surface area contributed by atoms with Crippen LogP contribution in [0.25, 0.3) is 0 Å². The van der Waals surface area contributed by atoms with Crippen molar-refractivity contribution in [1.82, 2.24) is 9.88 Å². The molecule has 8 heteroatoms. The molecular formula is C11H13F3N2O3. The minimum absolute atomic E-state index is 0.173. The predicted octanol–water partition coefficient (Wildman–Crippen LogP) is 1.34. The second-order valence-corrected chi connectivity index (χ2v) is 3.85. The van der Waals surface area contributed by atoms with E-state index in [1.807, 2.05) is 0 Å². The van der Waals surface area contributed by atoms with Crippen molar-refractivity contribution in [2.24, 2.45) is 0 Å². The highest BCUT2D eigenvalue weighted by Crippen LogP contribution is 2.19. The number of carbonyl (C=O) groups excluding carboxylic acids is 2. The Morgan fingerprint density at radius 3 is 2.63 bits per heavy atom. The van der Waals surface area contributed by atoms with Gasteiger partial charge in [0.2, 0.25) is 0 Å². The van der Waals surface area contributed by atoms with Crippen molar-refractivity contribution in [3.8, 4) is 0 Å². The SMILES string of the molecule is COC(=O)C(C)NC(=O)c1cccn1CC(F)(F)F. The third-order valence-corrected chi connectivity index (χ3v) is 2.31. The van der Waals surface area contributed by atoms with Gasteiger partial charge in [0.05, 0.1) is 7.11 Å². The molecule has 19 heavy (non-hydrogen) atoms. The Morgan fingerprint density at radius 1 is 1.47 bits per heavy atom. The summed E-state index contributed by atoms with van der Waals surface area (Å²) >= 11 is 0. The van der Waals surface area contributed by atoms with Gasteiger partial charge in [-0.15, -0.1) is 0 Å². The number of methoxy groups -OCH3 is 1. The highest BCUT2D eigenvalue weighted by molar-refractivity contribution is 5.95. The molecule has 1 aromatic rings. The summed E-state index contributed by atoms with van der Waals surface area (Å²) in [5.41, 5.74) is -0.173. The molecule has 0 aliphatic carbocycles. The predicted molar refractivity (Wildman–Crippen MR) is 59.4 cm³/mol. The number of carbonyl (C=O) groups is 2. The Kier molecular flexibility index (Phi) is 4.57. The van der Waals surface area contributed by atoms with Gasteiger partial charge in [-0.05, 0) is 19.1 Å². The van der Waals surface area contributed by atoms with Crippen molar-refractivity contribution in [2.75, 3.05) is 7.11 Å². The lowest BCUT2D eigenvalue weighted by Crippen LogP contribution is -2.40. The van der Waals surface area contributed by atoms with Crippen LogP contribution in [0, 0.1) is 0 Å². The number of nitrogens with zero attached hydrogens (tertiary/aromatic N) is 1. The van der Waals surface area contributed by atoms with Crippen LogP contribution in [0.2, 0.25) is 0 Å². The van der Waals surface area contributed by atoms with Gasteiger partial charge in [0, 0.05) is 6.20 Å². The van der Waals surface area contributed by atoms with Crippen LogP contribution in [0.15, 0.2) is 18.3 Å². The lowest BCUT2D eigenvalue weighted by atomic mass is 10.3. The van der Waals surface area contributed by atoms with E-state index in [4.69, 9.17) is 0 Å². The first-order valence-electron chi connectivity index (χ1n) is 5.35. The number of esters is 1. The molecule has 0 aliphatic heterocycles. The van der Waals surface area contributed by atoms with Crippen molar-refractivity contribution in [2.45, 2.75) is 25.7 Å². The van der Waals surface area contributed by atoms with E-state index in [1.165, 1.54) is 19.1 Å². The third-order valence-electron chi connectivity index (χ3n) is 2.31. The molecule has 1 rings (SSSR count). The lowest BCUT2D eigenvalue weighted by Gasteiger charge is -2.14. The number of ether oxygens (including phenoxy) is 1. The average Bonchev–Trinajstić information content (AvgIpc) is 2.73. The molecule has 0 saturated carbocycles. The fraction of sp³-hybridized carbons (Fsp3) is 0.455. The Balaban J connectivity index is 2.78. The Hall–Kier alpha value is -1.99. The standard InChI is InChI=1S/C11H13F3N2O3/c1-7(10(18)19-2)15-9(17)8-4-3-5-16(8)6-11(12,13)14/h3-5,7H,6H2,1-2H3,(H,15,17). The van der Waals surface area contributed by atoms with Crippen LogP contribution in [0.4, 0.5) is 13.2 Å². The number of amides is 1. The van der Waals surface area contributed by atoms with Gasteiger partial charge in [-0.2, -0.15) is 13.2 Å². The maximum atomic E-state index is 12.3. The summed E-state index contributed by atoms with van der Waals surface area (Å²) in [7, 11) is 1.15. The minimum Gasteiger partial charge on any atom is -0.467 e. The van der Waals surface area contributed by atoms with Gasteiger partial charge in [-0.1, -0.05) is 0 Å². The zero-order valence-electron chi connectivity index (χ0n) is 10.3. The molecule has 1 amide bonds. The molecule has 1 aromatic heterocycles. The second kappa shape index (κ2) is 5.77. The normalized spacial score (nSPS) is 12.9. The van der Waals surface area contributed by atoms with Crippen LogP contribution < -0.4 is 5.32 Å². The van der Waals surface area contributed by atoms with Crippen molar-refractivity contribution in [3.63, 3.8) is 0 Å². The molecule has 0 radical (unpaired) electrons. The van der Waals surface area contributed by atoms with E-state index in [2.05, 4.69) is 10.1 Å². The molecule has 1 atom stereocenters. The molecule has 1 unspecified atom stereocenters. The van der Waals surface area contributed by atoms with Gasteiger partial charge in [0.25, 0.3) is 5.91 Å². The average molecular weight is 278 g/mol. The maximum absolute atomic E-state index is 12.3. The van der Waals surface area contributed by atoms with E-state index in [1.54, 1.807) is 0 Å². The van der Waals surface area contributed by atoms with Crippen LogP contribution >= 0.6 is 0 Å². The van der Waals surface area contributed by atoms with E-state index in [0.29, 0.717) is 0 Å². The summed E-state index contributed by atoms with van der Waals surface area (Å²) < 4.78 is 42.0. The van der Waals surface area contributed by atoms with Crippen LogP contribution in [0.1, 0.15) is 17.4 Å². The van der Waals surface area contributed by atoms with E-state index in [0.717, 1.165) is 17.9 Å².